The Bertz CT molecular complexity index is 827. The molecule has 2 unspecified atom stereocenters. The van der Waals surface area contributed by atoms with Crippen molar-refractivity contribution in [2.75, 3.05) is 6.26 Å². The van der Waals surface area contributed by atoms with Crippen LogP contribution in [0.3, 0.4) is 0 Å². The summed E-state index contributed by atoms with van der Waals surface area (Å²) < 4.78 is 50.6. The average molecular weight is 370 g/mol. The normalized spacial score (nSPS) is 28.5. The Kier molecular flexibility index (Phi) is 4.61. The molecule has 2 fully saturated rings. The Morgan fingerprint density at radius 1 is 1.00 bits per heavy atom. The van der Waals surface area contributed by atoms with E-state index in [4.69, 9.17) is 0 Å². The van der Waals surface area contributed by atoms with Crippen molar-refractivity contribution in [3.05, 3.63) is 40.8 Å². The van der Waals surface area contributed by atoms with Crippen LogP contribution in [-0.4, -0.2) is 44.7 Å². The number of hydrogen-bond acceptors (Lipinski definition) is 4. The summed E-state index contributed by atoms with van der Waals surface area (Å²) in [7, 11) is -6.66. The van der Waals surface area contributed by atoms with E-state index in [1.54, 1.807) is 10.4 Å². The number of benzene rings is 1. The first-order valence-electron chi connectivity index (χ1n) is 8.14. The van der Waals surface area contributed by atoms with E-state index in [0.717, 1.165) is 24.0 Å². The molecule has 24 heavy (non-hydrogen) atoms. The van der Waals surface area contributed by atoms with Crippen LogP contribution in [0.5, 0.6) is 0 Å². The van der Waals surface area contributed by atoms with Crippen LogP contribution in [0.1, 0.15) is 36.8 Å². The van der Waals surface area contributed by atoms with E-state index in [1.807, 2.05) is 31.2 Å². The standard InChI is InChI=1S/C17H23NO4S2/c1-13-3-5-14(6-4-13)9-10-24(21,22)18-15-7-8-16(18)12-17(11-15)23(2,19)20/h3-6,9-10,15-17H,7-8,11-12H2,1-2H3/b10-9+. The van der Waals surface area contributed by atoms with Crippen molar-refractivity contribution in [2.24, 2.45) is 0 Å². The number of aryl methyl sites for hydroxylation is 1. The molecule has 5 nitrogen and oxygen atoms in total. The van der Waals surface area contributed by atoms with Gasteiger partial charge in [-0.15, -0.1) is 0 Å². The molecule has 7 heteroatoms. The molecule has 0 spiro atoms. The quantitative estimate of drug-likeness (QED) is 0.817. The molecule has 2 heterocycles. The van der Waals surface area contributed by atoms with Crippen molar-refractivity contribution in [1.29, 1.82) is 0 Å². The second-order valence-corrected chi connectivity index (χ2v) is 10.9. The highest BCUT2D eigenvalue weighted by Crippen LogP contribution is 2.40. The molecule has 1 aromatic rings. The lowest BCUT2D eigenvalue weighted by atomic mass is 10.1. The minimum absolute atomic E-state index is 0.198. The molecule has 3 rings (SSSR count). The minimum Gasteiger partial charge on any atom is -0.229 e. The molecule has 2 aliphatic heterocycles. The highest BCUT2D eigenvalue weighted by Gasteiger charge is 2.48. The number of rotatable bonds is 4. The molecular formula is C17H23NO4S2. The molecule has 0 amide bonds. The fourth-order valence-electron chi connectivity index (χ4n) is 3.76. The van der Waals surface area contributed by atoms with Crippen LogP contribution < -0.4 is 0 Å². The lowest BCUT2D eigenvalue weighted by Gasteiger charge is -2.36. The third-order valence-electron chi connectivity index (χ3n) is 5.03. The molecule has 2 saturated heterocycles. The Labute approximate surface area is 144 Å². The van der Waals surface area contributed by atoms with Gasteiger partial charge in [0.15, 0.2) is 0 Å². The fourth-order valence-corrected chi connectivity index (χ4v) is 6.59. The minimum atomic E-state index is -3.54. The van der Waals surface area contributed by atoms with Gasteiger partial charge in [0.2, 0.25) is 10.0 Å². The van der Waals surface area contributed by atoms with Crippen LogP contribution in [0.25, 0.3) is 6.08 Å². The van der Waals surface area contributed by atoms with Crippen molar-refractivity contribution in [3.63, 3.8) is 0 Å². The second-order valence-electron chi connectivity index (χ2n) is 6.90. The van der Waals surface area contributed by atoms with Gasteiger partial charge in [-0.3, -0.25) is 0 Å². The topological polar surface area (TPSA) is 71.5 Å². The Morgan fingerprint density at radius 3 is 2.04 bits per heavy atom. The third-order valence-corrected chi connectivity index (χ3v) is 8.29. The summed E-state index contributed by atoms with van der Waals surface area (Å²) in [5, 5.41) is 0.839. The number of nitrogens with zero attached hydrogens (tertiary/aromatic N) is 1. The maximum absolute atomic E-state index is 12.7. The van der Waals surface area contributed by atoms with Gasteiger partial charge in [-0.25, -0.2) is 16.8 Å². The van der Waals surface area contributed by atoms with Crippen LogP contribution in [0.2, 0.25) is 0 Å². The third kappa shape index (κ3) is 3.58. The van der Waals surface area contributed by atoms with E-state index in [2.05, 4.69) is 0 Å². The summed E-state index contributed by atoms with van der Waals surface area (Å²) in [6.07, 6.45) is 5.16. The van der Waals surface area contributed by atoms with E-state index >= 15 is 0 Å². The summed E-state index contributed by atoms with van der Waals surface area (Å²) in [5.41, 5.74) is 1.96. The van der Waals surface area contributed by atoms with Crippen molar-refractivity contribution in [3.8, 4) is 0 Å². The van der Waals surface area contributed by atoms with E-state index < -0.39 is 25.1 Å². The summed E-state index contributed by atoms with van der Waals surface area (Å²) >= 11 is 0. The van der Waals surface area contributed by atoms with Crippen LogP contribution >= 0.6 is 0 Å². The molecule has 2 atom stereocenters. The van der Waals surface area contributed by atoms with Gasteiger partial charge in [0.05, 0.1) is 5.25 Å². The first-order valence-corrected chi connectivity index (χ1v) is 11.6. The zero-order chi connectivity index (χ0) is 17.5. The summed E-state index contributed by atoms with van der Waals surface area (Å²) in [5.74, 6) is 0. The van der Waals surface area contributed by atoms with E-state index in [9.17, 15) is 16.8 Å². The van der Waals surface area contributed by atoms with Crippen LogP contribution in [-0.2, 0) is 19.9 Å². The predicted molar refractivity (Wildman–Crippen MR) is 95.6 cm³/mol. The van der Waals surface area contributed by atoms with Crippen molar-refractivity contribution >= 4 is 25.9 Å². The summed E-state index contributed by atoms with van der Waals surface area (Å²) in [4.78, 5) is 0. The predicted octanol–water partition coefficient (Wildman–Crippen LogP) is 2.34. The van der Waals surface area contributed by atoms with Crippen LogP contribution in [0, 0.1) is 6.92 Å². The smallest absolute Gasteiger partial charge is 0.229 e. The fraction of sp³-hybridized carbons (Fsp3) is 0.529. The van der Waals surface area contributed by atoms with Crippen LogP contribution in [0.15, 0.2) is 29.7 Å². The number of piperidine rings is 1. The average Bonchev–Trinajstić information content (AvgIpc) is 2.77. The Balaban J connectivity index is 1.80. The highest BCUT2D eigenvalue weighted by molar-refractivity contribution is 7.92. The van der Waals surface area contributed by atoms with Crippen LogP contribution in [0.4, 0.5) is 0 Å². The largest absolute Gasteiger partial charge is 0.236 e. The van der Waals surface area contributed by atoms with E-state index in [0.29, 0.717) is 12.8 Å². The van der Waals surface area contributed by atoms with E-state index in [-0.39, 0.29) is 12.1 Å². The van der Waals surface area contributed by atoms with Gasteiger partial charge in [0.1, 0.15) is 9.84 Å². The van der Waals surface area contributed by atoms with Gasteiger partial charge in [0, 0.05) is 23.7 Å². The molecule has 0 aliphatic carbocycles. The Morgan fingerprint density at radius 2 is 1.54 bits per heavy atom. The van der Waals surface area contributed by atoms with Gasteiger partial charge < -0.3 is 0 Å². The molecule has 2 bridgehead atoms. The molecule has 1 aromatic carbocycles. The maximum Gasteiger partial charge on any atom is 0.236 e. The van der Waals surface area contributed by atoms with Gasteiger partial charge in [0.25, 0.3) is 0 Å². The number of hydrogen-bond donors (Lipinski definition) is 0. The molecule has 132 valence electrons. The molecule has 0 N–H and O–H groups in total. The molecule has 0 aromatic heterocycles. The molecular weight excluding hydrogens is 346 g/mol. The van der Waals surface area contributed by atoms with Gasteiger partial charge in [-0.2, -0.15) is 4.31 Å². The Hall–Kier alpha value is -1.18. The molecule has 0 radical (unpaired) electrons. The second kappa shape index (κ2) is 6.28. The van der Waals surface area contributed by atoms with Gasteiger partial charge in [-0.1, -0.05) is 29.8 Å². The monoisotopic (exact) mass is 369 g/mol. The summed E-state index contributed by atoms with van der Waals surface area (Å²) in [6.45, 7) is 1.98. The zero-order valence-corrected chi connectivity index (χ0v) is 15.6. The number of sulfonamides is 1. The molecule has 0 saturated carbocycles. The zero-order valence-electron chi connectivity index (χ0n) is 13.9. The van der Waals surface area contributed by atoms with E-state index in [1.165, 1.54) is 11.7 Å². The highest BCUT2D eigenvalue weighted by atomic mass is 32.2. The van der Waals surface area contributed by atoms with Gasteiger partial charge >= 0.3 is 0 Å². The molecule has 2 aliphatic rings. The number of fused-ring (bicyclic) bond motifs is 2. The first-order chi connectivity index (χ1) is 11.2. The van der Waals surface area contributed by atoms with Crippen molar-refractivity contribution in [2.45, 2.75) is 49.9 Å². The first kappa shape index (κ1) is 17.6. The lowest BCUT2D eigenvalue weighted by molar-refractivity contribution is 0.252. The number of sulfone groups is 1. The maximum atomic E-state index is 12.7. The lowest BCUT2D eigenvalue weighted by Crippen LogP contribution is -2.48. The van der Waals surface area contributed by atoms with Gasteiger partial charge in [-0.05, 0) is 44.2 Å². The summed E-state index contributed by atoms with van der Waals surface area (Å²) in [6, 6.07) is 7.24. The SMILES string of the molecule is Cc1ccc(/C=C/S(=O)(=O)N2C3CCC2CC(S(C)(=O)=O)C3)cc1. The van der Waals surface area contributed by atoms with Crippen molar-refractivity contribution in [1.82, 2.24) is 4.31 Å². The van der Waals surface area contributed by atoms with Crippen molar-refractivity contribution < 1.29 is 16.8 Å².